The zero-order valence-corrected chi connectivity index (χ0v) is 12.3. The molecule has 1 aliphatic heterocycles. The monoisotopic (exact) mass is 324 g/mol. The number of rotatable bonds is 2. The second-order valence-electron chi connectivity index (χ2n) is 4.66. The molecule has 1 aromatic heterocycles. The van der Waals surface area contributed by atoms with Crippen LogP contribution in [0, 0.1) is 0 Å². The highest BCUT2D eigenvalue weighted by Crippen LogP contribution is 2.34. The van der Waals surface area contributed by atoms with E-state index in [-0.39, 0.29) is 11.9 Å². The highest BCUT2D eigenvalue weighted by atomic mass is 79.9. The summed E-state index contributed by atoms with van der Waals surface area (Å²) < 4.78 is 1.14. The van der Waals surface area contributed by atoms with E-state index in [9.17, 15) is 4.79 Å². The molecular weight excluding hydrogens is 312 g/mol. The van der Waals surface area contributed by atoms with E-state index in [4.69, 9.17) is 0 Å². The Labute approximate surface area is 118 Å². The normalized spacial score (nSPS) is 23.4. The van der Waals surface area contributed by atoms with Crippen LogP contribution < -0.4 is 0 Å². The van der Waals surface area contributed by atoms with Crippen LogP contribution in [0.2, 0.25) is 0 Å². The molecule has 1 aromatic rings. The van der Waals surface area contributed by atoms with Crippen LogP contribution in [-0.2, 0) is 11.2 Å². The standard InChI is InChI=1S/C13H13BrN2OS/c14-12-6-5-8(18-12)7-11-9-3-1-2-4-10(9)13(17)16-15-11/h5-6,11H,1-4,7H2. The predicted octanol–water partition coefficient (Wildman–Crippen LogP) is 4.28. The van der Waals surface area contributed by atoms with Crippen molar-refractivity contribution in [1.82, 2.24) is 0 Å². The van der Waals surface area contributed by atoms with Gasteiger partial charge in [-0.05, 0) is 59.3 Å². The average molecular weight is 325 g/mol. The first-order valence-corrected chi connectivity index (χ1v) is 7.76. The molecule has 0 saturated carbocycles. The van der Waals surface area contributed by atoms with Crippen LogP contribution in [0.5, 0.6) is 0 Å². The van der Waals surface area contributed by atoms with Gasteiger partial charge in [-0.1, -0.05) is 0 Å². The van der Waals surface area contributed by atoms with E-state index in [2.05, 4.69) is 38.3 Å². The van der Waals surface area contributed by atoms with Crippen molar-refractivity contribution >= 4 is 33.2 Å². The average Bonchev–Trinajstić information content (AvgIpc) is 2.79. The number of halogens is 1. The van der Waals surface area contributed by atoms with Crippen LogP contribution in [0.15, 0.2) is 37.3 Å². The van der Waals surface area contributed by atoms with Crippen LogP contribution >= 0.6 is 27.3 Å². The molecule has 3 rings (SSSR count). The maximum atomic E-state index is 11.7. The Morgan fingerprint density at radius 1 is 1.33 bits per heavy atom. The van der Waals surface area contributed by atoms with E-state index in [1.54, 1.807) is 11.3 Å². The molecule has 1 amide bonds. The quantitative estimate of drug-likeness (QED) is 0.800. The topological polar surface area (TPSA) is 41.8 Å². The summed E-state index contributed by atoms with van der Waals surface area (Å²) in [5.41, 5.74) is 2.18. The van der Waals surface area contributed by atoms with Gasteiger partial charge in [-0.2, -0.15) is 5.11 Å². The van der Waals surface area contributed by atoms with E-state index < -0.39 is 0 Å². The highest BCUT2D eigenvalue weighted by Gasteiger charge is 2.29. The second kappa shape index (κ2) is 5.05. The molecule has 0 aromatic carbocycles. The Kier molecular flexibility index (Phi) is 3.43. The van der Waals surface area contributed by atoms with Crippen LogP contribution in [0.1, 0.15) is 30.6 Å². The van der Waals surface area contributed by atoms with Gasteiger partial charge in [-0.25, -0.2) is 0 Å². The van der Waals surface area contributed by atoms with Crippen molar-refractivity contribution in [3.63, 3.8) is 0 Å². The lowest BCUT2D eigenvalue weighted by molar-refractivity contribution is -0.115. The van der Waals surface area contributed by atoms with E-state index in [1.807, 2.05) is 0 Å². The van der Waals surface area contributed by atoms with Crippen molar-refractivity contribution in [2.45, 2.75) is 38.1 Å². The number of carbonyl (C=O) groups excluding carboxylic acids is 1. The lowest BCUT2D eigenvalue weighted by Gasteiger charge is -2.25. The maximum Gasteiger partial charge on any atom is 0.291 e. The SMILES string of the molecule is O=C1N=NC(Cc2ccc(Br)s2)C2=C1CCCC2. The summed E-state index contributed by atoms with van der Waals surface area (Å²) in [6.07, 6.45) is 5.05. The number of amides is 1. The van der Waals surface area contributed by atoms with Crippen molar-refractivity contribution in [3.8, 4) is 0 Å². The van der Waals surface area contributed by atoms with E-state index in [0.717, 1.165) is 35.0 Å². The van der Waals surface area contributed by atoms with Gasteiger partial charge in [0.05, 0.1) is 9.83 Å². The Hall–Kier alpha value is -0.810. The number of azo groups is 1. The van der Waals surface area contributed by atoms with Gasteiger partial charge in [0.25, 0.3) is 5.91 Å². The third kappa shape index (κ3) is 2.34. The molecule has 1 unspecified atom stereocenters. The van der Waals surface area contributed by atoms with Gasteiger partial charge < -0.3 is 0 Å². The van der Waals surface area contributed by atoms with Crippen LogP contribution in [0.25, 0.3) is 0 Å². The summed E-state index contributed by atoms with van der Waals surface area (Å²) in [4.78, 5) is 13.0. The Morgan fingerprint density at radius 3 is 2.94 bits per heavy atom. The Balaban J connectivity index is 1.85. The Morgan fingerprint density at radius 2 is 2.17 bits per heavy atom. The van der Waals surface area contributed by atoms with Crippen molar-refractivity contribution in [2.75, 3.05) is 0 Å². The number of hydrogen-bond acceptors (Lipinski definition) is 3. The molecule has 0 radical (unpaired) electrons. The molecule has 1 atom stereocenters. The molecule has 5 heteroatoms. The van der Waals surface area contributed by atoms with Crippen LogP contribution in [0.3, 0.4) is 0 Å². The smallest absolute Gasteiger partial charge is 0.265 e. The van der Waals surface area contributed by atoms with Crippen molar-refractivity contribution in [2.24, 2.45) is 10.2 Å². The maximum absolute atomic E-state index is 11.7. The van der Waals surface area contributed by atoms with Crippen LogP contribution in [0.4, 0.5) is 0 Å². The first kappa shape index (κ1) is 12.2. The van der Waals surface area contributed by atoms with Gasteiger partial charge in [0, 0.05) is 16.9 Å². The molecule has 0 bridgehead atoms. The number of thiophene rings is 1. The van der Waals surface area contributed by atoms with Gasteiger partial charge in [0.1, 0.15) is 0 Å². The van der Waals surface area contributed by atoms with Gasteiger partial charge in [0.15, 0.2) is 0 Å². The predicted molar refractivity (Wildman–Crippen MR) is 74.9 cm³/mol. The number of hydrogen-bond donors (Lipinski definition) is 0. The van der Waals surface area contributed by atoms with E-state index in [0.29, 0.717) is 0 Å². The molecule has 2 aliphatic rings. The van der Waals surface area contributed by atoms with Crippen molar-refractivity contribution in [1.29, 1.82) is 0 Å². The largest absolute Gasteiger partial charge is 0.291 e. The van der Waals surface area contributed by atoms with Gasteiger partial charge in [-0.3, -0.25) is 4.79 Å². The highest BCUT2D eigenvalue weighted by molar-refractivity contribution is 9.11. The third-order valence-corrected chi connectivity index (χ3v) is 5.13. The molecule has 94 valence electrons. The molecule has 2 heterocycles. The van der Waals surface area contributed by atoms with Gasteiger partial charge >= 0.3 is 0 Å². The van der Waals surface area contributed by atoms with Gasteiger partial charge in [0.2, 0.25) is 0 Å². The summed E-state index contributed by atoms with van der Waals surface area (Å²) in [5, 5.41) is 8.03. The third-order valence-electron chi connectivity index (χ3n) is 3.48. The van der Waals surface area contributed by atoms with Gasteiger partial charge in [-0.15, -0.1) is 16.5 Å². The molecule has 0 saturated heterocycles. The Bertz CT molecular complexity index is 547. The fourth-order valence-electron chi connectivity index (χ4n) is 2.61. The fourth-order valence-corrected chi connectivity index (χ4v) is 4.13. The number of nitrogens with zero attached hydrogens (tertiary/aromatic N) is 2. The number of carbonyl (C=O) groups is 1. The lowest BCUT2D eigenvalue weighted by atomic mass is 9.85. The van der Waals surface area contributed by atoms with E-state index >= 15 is 0 Å². The first-order chi connectivity index (χ1) is 8.74. The summed E-state index contributed by atoms with van der Waals surface area (Å²) in [7, 11) is 0. The zero-order valence-electron chi connectivity index (χ0n) is 9.86. The van der Waals surface area contributed by atoms with E-state index in [1.165, 1.54) is 16.9 Å². The minimum absolute atomic E-state index is 0.0866. The first-order valence-electron chi connectivity index (χ1n) is 6.15. The summed E-state index contributed by atoms with van der Waals surface area (Å²) in [5.74, 6) is -0.103. The lowest BCUT2D eigenvalue weighted by Crippen LogP contribution is -2.22. The molecule has 0 N–H and O–H groups in total. The van der Waals surface area contributed by atoms with Crippen molar-refractivity contribution in [3.05, 3.63) is 31.9 Å². The van der Waals surface area contributed by atoms with Crippen LogP contribution in [-0.4, -0.2) is 11.9 Å². The summed E-state index contributed by atoms with van der Waals surface area (Å²) >= 11 is 5.20. The minimum Gasteiger partial charge on any atom is -0.265 e. The summed E-state index contributed by atoms with van der Waals surface area (Å²) in [6, 6.07) is 4.26. The molecular formula is C13H13BrN2OS. The molecule has 3 nitrogen and oxygen atoms in total. The zero-order chi connectivity index (χ0) is 12.5. The van der Waals surface area contributed by atoms with Crippen molar-refractivity contribution < 1.29 is 4.79 Å². The fraction of sp³-hybridized carbons (Fsp3) is 0.462. The second-order valence-corrected chi connectivity index (χ2v) is 7.20. The molecule has 1 aliphatic carbocycles. The molecule has 0 fully saturated rings. The minimum atomic E-state index is -0.103. The molecule has 0 spiro atoms. The summed E-state index contributed by atoms with van der Waals surface area (Å²) in [6.45, 7) is 0. The molecule has 18 heavy (non-hydrogen) atoms.